The van der Waals surface area contributed by atoms with E-state index in [0.29, 0.717) is 12.1 Å². The number of hydrogen-bond donors (Lipinski definition) is 0. The molecule has 4 rings (SSSR count). The highest BCUT2D eigenvalue weighted by Crippen LogP contribution is 2.58. The molecule has 2 heterocycles. The number of benzene rings is 2. The molecular formula is C23H23F5O6S2. The second kappa shape index (κ2) is 8.66. The van der Waals surface area contributed by atoms with Crippen LogP contribution in [0, 0.1) is 17.6 Å². The summed E-state index contributed by atoms with van der Waals surface area (Å²) in [6, 6.07) is 4.30. The van der Waals surface area contributed by atoms with Crippen molar-refractivity contribution < 1.29 is 48.3 Å². The van der Waals surface area contributed by atoms with E-state index in [1.54, 1.807) is 0 Å². The number of halogens is 5. The Morgan fingerprint density at radius 2 is 1.61 bits per heavy atom. The summed E-state index contributed by atoms with van der Waals surface area (Å²) in [7, 11) is -8.22. The molecule has 0 bridgehead atoms. The van der Waals surface area contributed by atoms with Gasteiger partial charge in [0.25, 0.3) is 0 Å². The van der Waals surface area contributed by atoms with Crippen LogP contribution in [-0.4, -0.2) is 47.7 Å². The monoisotopic (exact) mass is 554 g/mol. The normalized spacial score (nSPS) is 26.6. The lowest BCUT2D eigenvalue weighted by Gasteiger charge is -2.54. The van der Waals surface area contributed by atoms with E-state index in [9.17, 15) is 34.4 Å². The fraction of sp³-hybridized carbons (Fsp3) is 0.478. The Bertz CT molecular complexity index is 1390. The summed E-state index contributed by atoms with van der Waals surface area (Å²) in [5, 5.41) is 0. The number of fused-ring (bicyclic) bond motifs is 3. The van der Waals surface area contributed by atoms with Gasteiger partial charge in [0, 0.05) is 18.8 Å². The summed E-state index contributed by atoms with van der Waals surface area (Å²) in [5.74, 6) is -4.27. The van der Waals surface area contributed by atoms with Crippen LogP contribution in [0.1, 0.15) is 30.9 Å². The summed E-state index contributed by atoms with van der Waals surface area (Å²) in [6.07, 6.45) is -4.25. The first-order valence-corrected chi connectivity index (χ1v) is 14.4. The van der Waals surface area contributed by atoms with Gasteiger partial charge >= 0.3 is 6.18 Å². The lowest BCUT2D eigenvalue weighted by atomic mass is 9.69. The van der Waals surface area contributed by atoms with Crippen LogP contribution in [0.4, 0.5) is 22.0 Å². The van der Waals surface area contributed by atoms with Gasteiger partial charge in [0.2, 0.25) is 0 Å². The van der Waals surface area contributed by atoms with Gasteiger partial charge in [-0.1, -0.05) is 0 Å². The molecule has 2 aromatic carbocycles. The van der Waals surface area contributed by atoms with Crippen LogP contribution in [0.15, 0.2) is 41.3 Å². The summed E-state index contributed by atoms with van der Waals surface area (Å²) in [6.45, 7) is 0.768. The molecule has 3 atom stereocenters. The van der Waals surface area contributed by atoms with Crippen LogP contribution in [-0.2, 0) is 35.3 Å². The molecule has 0 amide bonds. The van der Waals surface area contributed by atoms with Crippen LogP contribution < -0.4 is 4.74 Å². The predicted octanol–water partition coefficient (Wildman–Crippen LogP) is 4.28. The fourth-order valence-electron chi connectivity index (χ4n) is 5.17. The average molecular weight is 555 g/mol. The van der Waals surface area contributed by atoms with E-state index < -0.39 is 82.1 Å². The van der Waals surface area contributed by atoms with Gasteiger partial charge in [0.1, 0.15) is 20.4 Å². The molecule has 1 saturated heterocycles. The van der Waals surface area contributed by atoms with E-state index in [1.165, 1.54) is 6.92 Å². The van der Waals surface area contributed by atoms with Gasteiger partial charge < -0.3 is 9.47 Å². The minimum absolute atomic E-state index is 0.170. The zero-order chi connectivity index (χ0) is 26.7. The minimum Gasteiger partial charge on any atom is -0.490 e. The lowest BCUT2D eigenvalue weighted by molar-refractivity contribution is -0.143. The lowest BCUT2D eigenvalue weighted by Crippen LogP contribution is -2.62. The molecule has 13 heteroatoms. The Labute approximate surface area is 205 Å². The van der Waals surface area contributed by atoms with Crippen molar-refractivity contribution in [3.8, 4) is 5.75 Å². The molecule has 1 fully saturated rings. The van der Waals surface area contributed by atoms with Crippen LogP contribution in [0.2, 0.25) is 0 Å². The molecule has 0 aromatic heterocycles. The second-order valence-electron chi connectivity index (χ2n) is 9.30. The van der Waals surface area contributed by atoms with Crippen molar-refractivity contribution in [3.63, 3.8) is 0 Å². The van der Waals surface area contributed by atoms with Crippen molar-refractivity contribution in [1.29, 1.82) is 0 Å². The number of hydrogen-bond acceptors (Lipinski definition) is 6. The van der Waals surface area contributed by atoms with E-state index in [2.05, 4.69) is 0 Å². The van der Waals surface area contributed by atoms with Gasteiger partial charge in [0.15, 0.2) is 21.4 Å². The molecule has 1 unspecified atom stereocenters. The van der Waals surface area contributed by atoms with Crippen LogP contribution in [0.5, 0.6) is 5.75 Å². The molecular weight excluding hydrogens is 531 g/mol. The molecule has 36 heavy (non-hydrogen) atoms. The Kier molecular flexibility index (Phi) is 6.45. The first-order valence-electron chi connectivity index (χ1n) is 10.9. The molecule has 6 nitrogen and oxygen atoms in total. The Morgan fingerprint density at radius 3 is 2.19 bits per heavy atom. The Morgan fingerprint density at radius 1 is 1.00 bits per heavy atom. The fourth-order valence-corrected chi connectivity index (χ4v) is 8.37. The largest absolute Gasteiger partial charge is 0.490 e. The highest BCUT2D eigenvalue weighted by Gasteiger charge is 2.64. The highest BCUT2D eigenvalue weighted by molar-refractivity contribution is 7.92. The molecule has 2 aliphatic heterocycles. The topological polar surface area (TPSA) is 86.7 Å². The maximum absolute atomic E-state index is 15.4. The molecule has 2 aromatic rings. The van der Waals surface area contributed by atoms with Crippen molar-refractivity contribution in [2.75, 3.05) is 25.2 Å². The maximum Gasteiger partial charge on any atom is 0.416 e. The van der Waals surface area contributed by atoms with E-state index in [4.69, 9.17) is 9.47 Å². The number of ether oxygens (including phenoxy) is 2. The van der Waals surface area contributed by atoms with E-state index in [1.807, 2.05) is 0 Å². The third kappa shape index (κ3) is 4.28. The smallest absolute Gasteiger partial charge is 0.416 e. The quantitative estimate of drug-likeness (QED) is 0.513. The highest BCUT2D eigenvalue weighted by atomic mass is 32.2. The average Bonchev–Trinajstić information content (AvgIpc) is 2.79. The molecule has 2 aliphatic rings. The van der Waals surface area contributed by atoms with Crippen molar-refractivity contribution in [2.45, 2.75) is 41.2 Å². The SMILES string of the molecule is C[C@@]1(CCS(C)(=O)=O)OCC[C@@]2(S(=O)(=O)c3ccc(C(F)(F)F)cc3)c3c(F)ccc(F)c3OCC12. The van der Waals surface area contributed by atoms with Crippen LogP contribution in [0.25, 0.3) is 0 Å². The Hall–Kier alpha value is -2.25. The van der Waals surface area contributed by atoms with Crippen molar-refractivity contribution >= 4 is 19.7 Å². The molecule has 0 radical (unpaired) electrons. The van der Waals surface area contributed by atoms with Gasteiger partial charge in [-0.15, -0.1) is 0 Å². The van der Waals surface area contributed by atoms with Gasteiger partial charge in [-0.05, 0) is 56.2 Å². The number of rotatable bonds is 5. The van der Waals surface area contributed by atoms with Gasteiger partial charge in [0.05, 0.1) is 34.0 Å². The molecule has 0 spiro atoms. The third-order valence-corrected chi connectivity index (χ3v) is 10.5. The third-order valence-electron chi connectivity index (χ3n) is 7.02. The maximum atomic E-state index is 15.4. The zero-order valence-corrected chi connectivity index (χ0v) is 20.9. The van der Waals surface area contributed by atoms with Gasteiger partial charge in [-0.3, -0.25) is 0 Å². The summed E-state index contributed by atoms with van der Waals surface area (Å²) in [4.78, 5) is -0.524. The van der Waals surface area contributed by atoms with Gasteiger partial charge in [-0.2, -0.15) is 13.2 Å². The van der Waals surface area contributed by atoms with E-state index in [-0.39, 0.29) is 25.2 Å². The van der Waals surface area contributed by atoms with Crippen LogP contribution in [0.3, 0.4) is 0 Å². The summed E-state index contributed by atoms with van der Waals surface area (Å²) < 4.78 is 131. The van der Waals surface area contributed by atoms with Crippen molar-refractivity contribution in [3.05, 3.63) is 59.2 Å². The molecule has 0 saturated carbocycles. The summed E-state index contributed by atoms with van der Waals surface area (Å²) >= 11 is 0. The second-order valence-corrected chi connectivity index (χ2v) is 13.8. The first-order chi connectivity index (χ1) is 16.5. The molecule has 198 valence electrons. The van der Waals surface area contributed by atoms with Gasteiger partial charge in [-0.25, -0.2) is 25.6 Å². The molecule has 0 aliphatic carbocycles. The zero-order valence-electron chi connectivity index (χ0n) is 19.2. The molecule has 0 N–H and O–H groups in total. The van der Waals surface area contributed by atoms with E-state index >= 15 is 4.39 Å². The summed E-state index contributed by atoms with van der Waals surface area (Å²) in [5.41, 5.74) is -3.12. The Balaban J connectivity index is 1.97. The number of sulfone groups is 2. The van der Waals surface area contributed by atoms with E-state index in [0.717, 1.165) is 30.5 Å². The predicted molar refractivity (Wildman–Crippen MR) is 119 cm³/mol. The van der Waals surface area contributed by atoms with Crippen LogP contribution >= 0.6 is 0 Å². The first kappa shape index (κ1) is 26.8. The number of alkyl halides is 3. The van der Waals surface area contributed by atoms with Crippen molar-refractivity contribution in [1.82, 2.24) is 0 Å². The standard InChI is InChI=1S/C23H23F5O6S2/c1-21(10-12-35(2,29)30)18-13-33-20-17(25)8-7-16(24)19(20)22(18,9-11-34-21)36(31,32)15-5-3-14(4-6-15)23(26,27)28/h3-8,18H,9-13H2,1-2H3/t18?,21-,22-/m0/s1. The van der Waals surface area contributed by atoms with Crippen molar-refractivity contribution in [2.24, 2.45) is 5.92 Å². The minimum atomic E-state index is -4.72.